The topological polar surface area (TPSA) is 180 Å². The van der Waals surface area contributed by atoms with Crippen LogP contribution in [0.15, 0.2) is 11.4 Å². The van der Waals surface area contributed by atoms with Crippen LogP contribution in [-0.4, -0.2) is 54.7 Å². The molecule has 5 N–H and O–H groups in total. The number of nitrogens with zero attached hydrogens (tertiary/aromatic N) is 7. The van der Waals surface area contributed by atoms with Crippen LogP contribution in [0.3, 0.4) is 0 Å². The summed E-state index contributed by atoms with van der Waals surface area (Å²) in [5.41, 5.74) is 15.0. The number of hydrogen-bond acceptors (Lipinski definition) is 9. The Morgan fingerprint density at radius 1 is 1.46 bits per heavy atom. The second-order valence-electron chi connectivity index (χ2n) is 5.28. The van der Waals surface area contributed by atoms with E-state index in [0.717, 1.165) is 6.42 Å². The molecule has 3 heterocycles. The predicted octanol–water partition coefficient (Wildman–Crippen LogP) is -0.0734. The molecule has 4 atom stereocenters. The average molecular weight is 335 g/mol. The van der Waals surface area contributed by atoms with Gasteiger partial charge in [0, 0.05) is 4.91 Å². The maximum Gasteiger partial charge on any atom is 0.201 e. The number of azide groups is 1. The largest absolute Gasteiger partial charge is 0.386 e. The summed E-state index contributed by atoms with van der Waals surface area (Å²) < 4.78 is 6.99. The number of imidazole rings is 1. The lowest BCUT2D eigenvalue weighted by Crippen LogP contribution is -2.40. The van der Waals surface area contributed by atoms with Crippen LogP contribution in [0.1, 0.15) is 19.6 Å². The van der Waals surface area contributed by atoms with E-state index < -0.39 is 24.7 Å². The van der Waals surface area contributed by atoms with Crippen molar-refractivity contribution in [1.29, 1.82) is 0 Å². The number of nitrogens with two attached hydrogens (primary N) is 1. The summed E-state index contributed by atoms with van der Waals surface area (Å²) in [7, 11) is 0. The second kappa shape index (κ2) is 6.55. The standard InChI is InChI=1S/C12H17N9O3/c1-2-3-15-10-6(22)7(23)11(24-10)21-9-5(8(13)16-4-17-9)18-12(21)19-20-14/h4,6-7,10-11,15,22-23H,2-3H2,1H3,(H2,13,16,17)/t6?,7-,10-,11+/m0/s1. The third kappa shape index (κ3) is 2.62. The maximum absolute atomic E-state index is 10.3. The summed E-state index contributed by atoms with van der Waals surface area (Å²) in [6, 6.07) is 0. The summed E-state index contributed by atoms with van der Waals surface area (Å²) in [6.45, 7) is 2.56. The summed E-state index contributed by atoms with van der Waals surface area (Å²) in [6.07, 6.45) is -2.22. The van der Waals surface area contributed by atoms with Gasteiger partial charge in [-0.2, -0.15) is 0 Å². The first-order valence-corrected chi connectivity index (χ1v) is 7.37. The fourth-order valence-corrected chi connectivity index (χ4v) is 2.59. The van der Waals surface area contributed by atoms with E-state index in [1.807, 2.05) is 6.92 Å². The zero-order valence-corrected chi connectivity index (χ0v) is 12.8. The number of anilines is 1. The summed E-state index contributed by atoms with van der Waals surface area (Å²) >= 11 is 0. The van der Waals surface area contributed by atoms with E-state index in [4.69, 9.17) is 16.0 Å². The first-order valence-electron chi connectivity index (χ1n) is 7.37. The quantitative estimate of drug-likeness (QED) is 0.332. The van der Waals surface area contributed by atoms with Crippen molar-refractivity contribution in [2.75, 3.05) is 12.3 Å². The van der Waals surface area contributed by atoms with Gasteiger partial charge in [-0.1, -0.05) is 6.92 Å². The Bertz CT molecular complexity index is 787. The van der Waals surface area contributed by atoms with Gasteiger partial charge in [-0.25, -0.2) is 15.0 Å². The molecule has 0 aromatic carbocycles. The Balaban J connectivity index is 2.06. The first kappa shape index (κ1) is 16.4. The van der Waals surface area contributed by atoms with Gasteiger partial charge < -0.3 is 20.7 Å². The van der Waals surface area contributed by atoms with Gasteiger partial charge in [0.25, 0.3) is 0 Å². The zero-order chi connectivity index (χ0) is 17.3. The lowest BCUT2D eigenvalue weighted by atomic mass is 10.2. The third-order valence-electron chi connectivity index (χ3n) is 3.71. The van der Waals surface area contributed by atoms with E-state index in [1.54, 1.807) is 0 Å². The molecule has 0 spiro atoms. The second-order valence-corrected chi connectivity index (χ2v) is 5.28. The molecule has 0 bridgehead atoms. The molecule has 1 saturated heterocycles. The minimum atomic E-state index is -1.28. The lowest BCUT2D eigenvalue weighted by Gasteiger charge is -2.18. The molecule has 2 aromatic rings. The van der Waals surface area contributed by atoms with Crippen LogP contribution in [0.5, 0.6) is 0 Å². The van der Waals surface area contributed by atoms with Crippen molar-refractivity contribution in [3.8, 4) is 0 Å². The molecule has 3 rings (SSSR count). The molecule has 1 aliphatic heterocycles. The van der Waals surface area contributed by atoms with Gasteiger partial charge in [-0.15, -0.1) is 0 Å². The molecular formula is C12H17N9O3. The van der Waals surface area contributed by atoms with Crippen molar-refractivity contribution in [3.63, 3.8) is 0 Å². The number of nitrogen functional groups attached to an aromatic ring is 1. The van der Waals surface area contributed by atoms with Crippen molar-refractivity contribution in [1.82, 2.24) is 24.8 Å². The monoisotopic (exact) mass is 335 g/mol. The Morgan fingerprint density at radius 2 is 2.25 bits per heavy atom. The molecule has 1 unspecified atom stereocenters. The van der Waals surface area contributed by atoms with Crippen LogP contribution in [0, 0.1) is 0 Å². The number of ether oxygens (including phenoxy) is 1. The highest BCUT2D eigenvalue weighted by Gasteiger charge is 2.45. The van der Waals surface area contributed by atoms with Crippen LogP contribution >= 0.6 is 0 Å². The minimum Gasteiger partial charge on any atom is -0.386 e. The molecule has 1 fully saturated rings. The lowest BCUT2D eigenvalue weighted by molar-refractivity contribution is -0.0444. The number of aromatic nitrogens is 4. The summed E-state index contributed by atoms with van der Waals surface area (Å²) in [5.74, 6) is 0.00826. The average Bonchev–Trinajstić information content (AvgIpc) is 3.06. The smallest absolute Gasteiger partial charge is 0.201 e. The molecule has 0 saturated carbocycles. The molecule has 12 nitrogen and oxygen atoms in total. The Morgan fingerprint density at radius 3 is 2.96 bits per heavy atom. The van der Waals surface area contributed by atoms with Gasteiger partial charge in [0.15, 0.2) is 23.2 Å². The van der Waals surface area contributed by atoms with Crippen LogP contribution in [0.4, 0.5) is 11.8 Å². The number of fused-ring (bicyclic) bond motifs is 1. The van der Waals surface area contributed by atoms with Gasteiger partial charge >= 0.3 is 0 Å². The van der Waals surface area contributed by atoms with Gasteiger partial charge in [0.1, 0.15) is 24.8 Å². The molecule has 24 heavy (non-hydrogen) atoms. The van der Waals surface area contributed by atoms with Crippen molar-refractivity contribution in [2.24, 2.45) is 5.11 Å². The fraction of sp³-hybridized carbons (Fsp3) is 0.583. The summed E-state index contributed by atoms with van der Waals surface area (Å²) in [5, 5.41) is 27.0. The molecule has 0 radical (unpaired) electrons. The number of aliphatic hydroxyl groups excluding tert-OH is 2. The number of nitrogens with one attached hydrogen (secondary N) is 1. The van der Waals surface area contributed by atoms with Crippen LogP contribution in [0.2, 0.25) is 0 Å². The Kier molecular flexibility index (Phi) is 4.46. The third-order valence-corrected chi connectivity index (χ3v) is 3.71. The molecule has 1 aliphatic rings. The van der Waals surface area contributed by atoms with Crippen LogP contribution in [0.25, 0.3) is 21.6 Å². The fourth-order valence-electron chi connectivity index (χ4n) is 2.59. The van der Waals surface area contributed by atoms with E-state index in [9.17, 15) is 10.2 Å². The Labute approximate surface area is 135 Å². The van der Waals surface area contributed by atoms with Gasteiger partial charge in [-0.05, 0) is 23.6 Å². The molecule has 2 aromatic heterocycles. The molecule has 0 aliphatic carbocycles. The highest BCUT2D eigenvalue weighted by Crippen LogP contribution is 2.35. The highest BCUT2D eigenvalue weighted by atomic mass is 16.6. The van der Waals surface area contributed by atoms with E-state index in [2.05, 4.69) is 30.3 Å². The van der Waals surface area contributed by atoms with E-state index in [0.29, 0.717) is 6.54 Å². The maximum atomic E-state index is 10.3. The van der Waals surface area contributed by atoms with Crippen LogP contribution in [-0.2, 0) is 4.74 Å². The van der Waals surface area contributed by atoms with E-state index in [1.165, 1.54) is 10.9 Å². The molecule has 0 amide bonds. The SMILES string of the molecule is CCCN[C@H]1O[C@@H](n2c(N=[N+]=[N-])nc3c(N)ncnc32)[C@@H](O)C1O. The molecular weight excluding hydrogens is 318 g/mol. The van der Waals surface area contributed by atoms with Crippen molar-refractivity contribution < 1.29 is 14.9 Å². The minimum absolute atomic E-state index is 0.0907. The van der Waals surface area contributed by atoms with Crippen molar-refractivity contribution >= 4 is 22.9 Å². The highest BCUT2D eigenvalue weighted by molar-refractivity contribution is 5.83. The first-order chi connectivity index (χ1) is 11.6. The van der Waals surface area contributed by atoms with Gasteiger partial charge in [0.2, 0.25) is 5.95 Å². The number of rotatable bonds is 5. The van der Waals surface area contributed by atoms with Crippen LogP contribution < -0.4 is 11.1 Å². The van der Waals surface area contributed by atoms with E-state index in [-0.39, 0.29) is 22.9 Å². The van der Waals surface area contributed by atoms with Crippen molar-refractivity contribution in [2.45, 2.75) is 38.0 Å². The van der Waals surface area contributed by atoms with Crippen molar-refractivity contribution in [3.05, 3.63) is 16.8 Å². The van der Waals surface area contributed by atoms with E-state index >= 15 is 0 Å². The molecule has 12 heteroatoms. The summed E-state index contributed by atoms with van der Waals surface area (Å²) in [4.78, 5) is 14.7. The van der Waals surface area contributed by atoms with Gasteiger partial charge in [-0.3, -0.25) is 9.88 Å². The predicted molar refractivity (Wildman–Crippen MR) is 82.8 cm³/mol. The number of aliphatic hydroxyl groups is 2. The number of hydrogen-bond donors (Lipinski definition) is 4. The molecule has 128 valence electrons. The zero-order valence-electron chi connectivity index (χ0n) is 12.8. The Hall–Kier alpha value is -2.50. The van der Waals surface area contributed by atoms with Gasteiger partial charge in [0.05, 0.1) is 0 Å². The normalized spacial score (nSPS) is 26.6.